The molecule has 0 aliphatic carbocycles. The molecular weight excluding hydrogens is 268 g/mol. The highest BCUT2D eigenvalue weighted by molar-refractivity contribution is 7.80. The van der Waals surface area contributed by atoms with E-state index in [9.17, 15) is 0 Å². The van der Waals surface area contributed by atoms with Crippen molar-refractivity contribution in [3.05, 3.63) is 28.8 Å². The summed E-state index contributed by atoms with van der Waals surface area (Å²) in [5.41, 5.74) is 1.62. The minimum atomic E-state index is 0.0284. The van der Waals surface area contributed by atoms with Gasteiger partial charge >= 0.3 is 0 Å². The quantitative estimate of drug-likeness (QED) is 0.290. The number of hydrogen-bond donors (Lipinski definition) is 4. The second-order valence-electron chi connectivity index (χ2n) is 3.44. The molecule has 0 saturated heterocycles. The zero-order valence-electron chi connectivity index (χ0n) is 9.80. The molecule has 0 fully saturated rings. The van der Waals surface area contributed by atoms with Crippen LogP contribution in [0.2, 0.25) is 5.02 Å². The van der Waals surface area contributed by atoms with E-state index in [2.05, 4.69) is 21.9 Å². The molecule has 0 aliphatic heterocycles. The van der Waals surface area contributed by atoms with E-state index in [4.69, 9.17) is 35.7 Å². The van der Waals surface area contributed by atoms with Gasteiger partial charge in [-0.15, -0.1) is 6.42 Å². The van der Waals surface area contributed by atoms with Gasteiger partial charge in [0.15, 0.2) is 11.1 Å². The Bertz CT molecular complexity index is 487. The van der Waals surface area contributed by atoms with Crippen molar-refractivity contribution in [1.82, 2.24) is 10.6 Å². The van der Waals surface area contributed by atoms with Gasteiger partial charge in [0, 0.05) is 0 Å². The van der Waals surface area contributed by atoms with Crippen molar-refractivity contribution < 1.29 is 0 Å². The fourth-order valence-corrected chi connectivity index (χ4v) is 1.68. The highest BCUT2D eigenvalue weighted by Crippen LogP contribution is 2.24. The Labute approximate surface area is 117 Å². The van der Waals surface area contributed by atoms with E-state index in [1.54, 1.807) is 6.07 Å². The highest BCUT2D eigenvalue weighted by atomic mass is 35.5. The molecule has 1 rings (SSSR count). The molecule has 18 heavy (non-hydrogen) atoms. The van der Waals surface area contributed by atoms with Crippen molar-refractivity contribution in [1.29, 1.82) is 5.41 Å². The van der Waals surface area contributed by atoms with Crippen LogP contribution in [0.25, 0.3) is 0 Å². The van der Waals surface area contributed by atoms with Crippen molar-refractivity contribution in [3.8, 4) is 12.3 Å². The molecule has 1 aromatic rings. The van der Waals surface area contributed by atoms with Crippen LogP contribution in [0.4, 0.5) is 5.69 Å². The fraction of sp³-hybridized carbons (Fsp3) is 0.167. The number of para-hydroxylation sites is 1. The van der Waals surface area contributed by atoms with Crippen molar-refractivity contribution in [3.63, 3.8) is 0 Å². The smallest absolute Gasteiger partial charge is 0.199 e. The Balaban J connectivity index is 2.60. The molecule has 1 aromatic carbocycles. The summed E-state index contributed by atoms with van der Waals surface area (Å²) in [5, 5.41) is 16.8. The maximum Gasteiger partial charge on any atom is 0.199 e. The van der Waals surface area contributed by atoms with Gasteiger partial charge < -0.3 is 16.0 Å². The average Bonchev–Trinajstić information content (AvgIpc) is 2.31. The average molecular weight is 281 g/mol. The lowest BCUT2D eigenvalue weighted by Gasteiger charge is -2.14. The summed E-state index contributed by atoms with van der Waals surface area (Å²) in [7, 11) is 0. The van der Waals surface area contributed by atoms with Gasteiger partial charge in [0.2, 0.25) is 0 Å². The summed E-state index contributed by atoms with van der Waals surface area (Å²) in [5.74, 6) is 2.42. The van der Waals surface area contributed by atoms with E-state index >= 15 is 0 Å². The Hall–Kier alpha value is -1.77. The van der Waals surface area contributed by atoms with Crippen LogP contribution in [0.15, 0.2) is 18.2 Å². The second-order valence-corrected chi connectivity index (χ2v) is 4.26. The maximum atomic E-state index is 7.73. The first-order chi connectivity index (χ1) is 8.54. The number of guanidine groups is 1. The highest BCUT2D eigenvalue weighted by Gasteiger charge is 2.06. The van der Waals surface area contributed by atoms with Crippen molar-refractivity contribution in [2.45, 2.75) is 6.92 Å². The number of aryl methyl sites for hydroxylation is 1. The molecule has 94 valence electrons. The van der Waals surface area contributed by atoms with Gasteiger partial charge in [-0.05, 0) is 30.8 Å². The number of terminal acetylenes is 1. The number of thiocarbonyl (C=S) groups is 1. The van der Waals surface area contributed by atoms with Gasteiger partial charge in [-0.25, -0.2) is 0 Å². The van der Waals surface area contributed by atoms with Crippen LogP contribution < -0.4 is 16.0 Å². The molecule has 0 amide bonds. The Morgan fingerprint density at radius 2 is 2.28 bits per heavy atom. The lowest BCUT2D eigenvalue weighted by Crippen LogP contribution is -2.42. The SMILES string of the molecule is C#CCNC(=S)NC(=N)Nc1c(C)cccc1Cl. The molecule has 0 aromatic heterocycles. The third-order valence-electron chi connectivity index (χ3n) is 2.06. The summed E-state index contributed by atoms with van der Waals surface area (Å²) in [4.78, 5) is 0. The van der Waals surface area contributed by atoms with E-state index in [0.29, 0.717) is 17.3 Å². The minimum Gasteiger partial charge on any atom is -0.351 e. The standard InChI is InChI=1S/C12H13ClN4S/c1-3-7-15-12(18)17-11(14)16-10-8(2)5-4-6-9(10)13/h1,4-6H,7H2,2H3,(H4,14,15,16,17,18). The lowest BCUT2D eigenvalue weighted by atomic mass is 10.2. The molecule has 0 saturated carbocycles. The van der Waals surface area contributed by atoms with Gasteiger partial charge in [0.1, 0.15) is 0 Å². The van der Waals surface area contributed by atoms with Crippen LogP contribution in [-0.2, 0) is 0 Å². The second kappa shape index (κ2) is 6.84. The molecule has 0 aliphatic rings. The molecule has 0 spiro atoms. The fourth-order valence-electron chi connectivity index (χ4n) is 1.24. The predicted molar refractivity (Wildman–Crippen MR) is 80.1 cm³/mol. The summed E-state index contributed by atoms with van der Waals surface area (Å²) >= 11 is 11.0. The Kier molecular flexibility index (Phi) is 5.43. The van der Waals surface area contributed by atoms with Crippen LogP contribution >= 0.6 is 23.8 Å². The van der Waals surface area contributed by atoms with Gasteiger partial charge in [-0.2, -0.15) is 0 Å². The molecule has 0 unspecified atom stereocenters. The van der Waals surface area contributed by atoms with Gasteiger partial charge in [-0.1, -0.05) is 29.7 Å². The largest absolute Gasteiger partial charge is 0.351 e. The number of hydrogen-bond acceptors (Lipinski definition) is 2. The van der Waals surface area contributed by atoms with Crippen LogP contribution in [0, 0.1) is 24.7 Å². The molecule has 0 bridgehead atoms. The van der Waals surface area contributed by atoms with Gasteiger partial charge in [0.05, 0.1) is 17.3 Å². The molecule has 0 atom stereocenters. The molecule has 4 N–H and O–H groups in total. The first-order valence-corrected chi connectivity index (χ1v) is 5.92. The zero-order valence-corrected chi connectivity index (χ0v) is 11.4. The summed E-state index contributed by atoms with van der Waals surface area (Å²) in [6.45, 7) is 2.21. The first-order valence-electron chi connectivity index (χ1n) is 5.13. The minimum absolute atomic E-state index is 0.0284. The number of benzene rings is 1. The number of rotatable bonds is 2. The number of anilines is 1. The van der Waals surface area contributed by atoms with Crippen LogP contribution in [0.3, 0.4) is 0 Å². The third kappa shape index (κ3) is 4.24. The maximum absolute atomic E-state index is 7.73. The monoisotopic (exact) mass is 280 g/mol. The Morgan fingerprint density at radius 3 is 2.89 bits per heavy atom. The molecule has 0 radical (unpaired) electrons. The molecule has 0 heterocycles. The summed E-state index contributed by atoms with van der Waals surface area (Å²) in [6.07, 6.45) is 5.08. The molecular formula is C12H13ClN4S. The Morgan fingerprint density at radius 1 is 1.56 bits per heavy atom. The van der Waals surface area contributed by atoms with Gasteiger partial charge in [-0.3, -0.25) is 5.41 Å². The lowest BCUT2D eigenvalue weighted by molar-refractivity contribution is 1.04. The molecule has 4 nitrogen and oxygen atoms in total. The predicted octanol–water partition coefficient (Wildman–Crippen LogP) is 2.09. The van der Waals surface area contributed by atoms with Crippen molar-refractivity contribution >= 4 is 40.6 Å². The molecule has 6 heteroatoms. The van der Waals surface area contributed by atoms with E-state index < -0.39 is 0 Å². The summed E-state index contributed by atoms with van der Waals surface area (Å²) < 4.78 is 0. The first kappa shape index (κ1) is 14.3. The van der Waals surface area contributed by atoms with E-state index in [1.165, 1.54) is 0 Å². The van der Waals surface area contributed by atoms with Crippen molar-refractivity contribution in [2.24, 2.45) is 0 Å². The van der Waals surface area contributed by atoms with Gasteiger partial charge in [0.25, 0.3) is 0 Å². The van der Waals surface area contributed by atoms with E-state index in [1.807, 2.05) is 19.1 Å². The summed E-state index contributed by atoms with van der Waals surface area (Å²) in [6, 6.07) is 5.49. The number of halogens is 1. The zero-order chi connectivity index (χ0) is 13.5. The topological polar surface area (TPSA) is 59.9 Å². The third-order valence-corrected chi connectivity index (χ3v) is 2.62. The van der Waals surface area contributed by atoms with Crippen LogP contribution in [-0.4, -0.2) is 17.6 Å². The van der Waals surface area contributed by atoms with Crippen LogP contribution in [0.5, 0.6) is 0 Å². The van der Waals surface area contributed by atoms with Crippen molar-refractivity contribution in [2.75, 3.05) is 11.9 Å². The van der Waals surface area contributed by atoms with Crippen LogP contribution in [0.1, 0.15) is 5.56 Å². The van der Waals surface area contributed by atoms with E-state index in [0.717, 1.165) is 5.56 Å². The van der Waals surface area contributed by atoms with E-state index in [-0.39, 0.29) is 11.1 Å². The normalized spacial score (nSPS) is 9.17. The number of nitrogens with one attached hydrogen (secondary N) is 4.